The number of benzene rings is 1. The van der Waals surface area contributed by atoms with Crippen molar-refractivity contribution >= 4 is 5.69 Å². The van der Waals surface area contributed by atoms with Crippen LogP contribution in [0.25, 0.3) is 0 Å². The van der Waals surface area contributed by atoms with Gasteiger partial charge in [-0.25, -0.2) is 0 Å². The molecule has 0 aliphatic rings. The molecule has 0 unspecified atom stereocenters. The number of nitrogens with one attached hydrogen (secondary N) is 1. The fourth-order valence-electron chi connectivity index (χ4n) is 2.08. The van der Waals surface area contributed by atoms with Crippen LogP contribution in [0.3, 0.4) is 0 Å². The molecule has 0 aliphatic carbocycles. The maximum Gasteiger partial charge on any atom is 0.269 e. The number of aromatic nitrogens is 1. The second-order valence-electron chi connectivity index (χ2n) is 4.78. The van der Waals surface area contributed by atoms with Gasteiger partial charge in [0, 0.05) is 44.2 Å². The Morgan fingerprint density at radius 2 is 1.85 bits per heavy atom. The third-order valence-corrected chi connectivity index (χ3v) is 3.10. The van der Waals surface area contributed by atoms with Crippen LogP contribution in [-0.4, -0.2) is 9.49 Å². The quantitative estimate of drug-likeness (QED) is 0.623. The van der Waals surface area contributed by atoms with Crippen molar-refractivity contribution in [2.75, 3.05) is 0 Å². The van der Waals surface area contributed by atoms with Crippen LogP contribution >= 0.6 is 0 Å². The zero-order valence-electron chi connectivity index (χ0n) is 11.6. The highest BCUT2D eigenvalue weighted by Gasteiger charge is 2.03. The fourth-order valence-corrected chi connectivity index (χ4v) is 2.08. The Bertz CT molecular complexity index is 561. The lowest BCUT2D eigenvalue weighted by Crippen LogP contribution is -2.12. The first kappa shape index (κ1) is 14.3. The molecule has 1 heterocycles. The van der Waals surface area contributed by atoms with Crippen LogP contribution in [0.5, 0.6) is 0 Å². The smallest absolute Gasteiger partial charge is 0.269 e. The molecule has 5 heteroatoms. The van der Waals surface area contributed by atoms with Gasteiger partial charge in [0.05, 0.1) is 4.92 Å². The molecule has 0 atom stereocenters. The molecule has 0 saturated heterocycles. The molecule has 0 bridgehead atoms. The summed E-state index contributed by atoms with van der Waals surface area (Å²) in [6.07, 6.45) is 5.36. The number of hydrogen-bond donors (Lipinski definition) is 1. The lowest BCUT2D eigenvalue weighted by Gasteiger charge is -2.03. The molecule has 2 aromatic rings. The molecule has 1 aromatic carbocycles. The molecule has 106 valence electrons. The summed E-state index contributed by atoms with van der Waals surface area (Å²) in [6, 6.07) is 8.75. The average molecular weight is 273 g/mol. The number of non-ortho nitro benzene ring substituents is 1. The van der Waals surface area contributed by atoms with Crippen LogP contribution in [-0.2, 0) is 19.6 Å². The molecule has 0 aliphatic heterocycles. The Morgan fingerprint density at radius 3 is 2.50 bits per heavy atom. The van der Waals surface area contributed by atoms with Crippen LogP contribution in [0.2, 0.25) is 0 Å². The molecule has 5 nitrogen and oxygen atoms in total. The van der Waals surface area contributed by atoms with E-state index in [1.165, 1.54) is 17.7 Å². The number of nitro benzene ring substituents is 1. The SMILES string of the molecule is CCCn1ccc(CNCc2ccc([N+](=O)[O-])cc2)c1. The first-order valence-electron chi connectivity index (χ1n) is 6.77. The minimum Gasteiger partial charge on any atom is -0.354 e. The largest absolute Gasteiger partial charge is 0.354 e. The highest BCUT2D eigenvalue weighted by molar-refractivity contribution is 5.32. The standard InChI is InChI=1S/C15H19N3O2/c1-2-8-17-9-7-14(12-17)11-16-10-13-3-5-15(6-4-13)18(19)20/h3-7,9,12,16H,2,8,10-11H2,1H3. The highest BCUT2D eigenvalue weighted by Crippen LogP contribution is 2.11. The minimum absolute atomic E-state index is 0.130. The van der Waals surface area contributed by atoms with E-state index >= 15 is 0 Å². The van der Waals surface area contributed by atoms with Gasteiger partial charge in [-0.1, -0.05) is 19.1 Å². The lowest BCUT2D eigenvalue weighted by molar-refractivity contribution is -0.384. The van der Waals surface area contributed by atoms with Crippen molar-refractivity contribution in [2.24, 2.45) is 0 Å². The van der Waals surface area contributed by atoms with Gasteiger partial charge in [0.2, 0.25) is 0 Å². The average Bonchev–Trinajstić information content (AvgIpc) is 2.87. The maximum absolute atomic E-state index is 10.6. The summed E-state index contributed by atoms with van der Waals surface area (Å²) in [4.78, 5) is 10.2. The first-order valence-corrected chi connectivity index (χ1v) is 6.77. The maximum atomic E-state index is 10.6. The monoisotopic (exact) mass is 273 g/mol. The molecular formula is C15H19N3O2. The summed E-state index contributed by atoms with van der Waals surface area (Å²) in [5.41, 5.74) is 2.43. The van der Waals surface area contributed by atoms with E-state index in [1.807, 2.05) is 0 Å². The summed E-state index contributed by atoms with van der Waals surface area (Å²) in [7, 11) is 0. The van der Waals surface area contributed by atoms with Crippen LogP contribution in [0.4, 0.5) is 5.69 Å². The van der Waals surface area contributed by atoms with Gasteiger partial charge in [-0.15, -0.1) is 0 Å². The molecule has 0 radical (unpaired) electrons. The number of aryl methyl sites for hydroxylation is 1. The topological polar surface area (TPSA) is 60.1 Å². The third kappa shape index (κ3) is 3.93. The molecule has 1 aromatic heterocycles. The summed E-state index contributed by atoms with van der Waals surface area (Å²) in [5.74, 6) is 0. The van der Waals surface area contributed by atoms with Crippen molar-refractivity contribution in [3.05, 3.63) is 64.0 Å². The van der Waals surface area contributed by atoms with E-state index in [9.17, 15) is 10.1 Å². The zero-order valence-corrected chi connectivity index (χ0v) is 11.6. The zero-order chi connectivity index (χ0) is 14.4. The normalized spacial score (nSPS) is 10.7. The lowest BCUT2D eigenvalue weighted by atomic mass is 10.2. The van der Waals surface area contributed by atoms with Gasteiger partial charge in [0.15, 0.2) is 0 Å². The van der Waals surface area contributed by atoms with E-state index in [0.717, 1.165) is 25.1 Å². The van der Waals surface area contributed by atoms with Crippen molar-refractivity contribution < 1.29 is 4.92 Å². The van der Waals surface area contributed by atoms with Crippen LogP contribution in [0, 0.1) is 10.1 Å². The van der Waals surface area contributed by atoms with Crippen molar-refractivity contribution in [1.29, 1.82) is 0 Å². The third-order valence-electron chi connectivity index (χ3n) is 3.10. The van der Waals surface area contributed by atoms with Crippen LogP contribution < -0.4 is 5.32 Å². The Morgan fingerprint density at radius 1 is 1.15 bits per heavy atom. The Labute approximate surface area is 118 Å². The van der Waals surface area contributed by atoms with E-state index in [4.69, 9.17) is 0 Å². The summed E-state index contributed by atoms with van der Waals surface area (Å²) in [5, 5.41) is 13.9. The summed E-state index contributed by atoms with van der Waals surface area (Å²) < 4.78 is 2.18. The molecule has 1 N–H and O–H groups in total. The van der Waals surface area contributed by atoms with E-state index in [-0.39, 0.29) is 10.6 Å². The summed E-state index contributed by atoms with van der Waals surface area (Å²) >= 11 is 0. The molecule has 0 fully saturated rings. The summed E-state index contributed by atoms with van der Waals surface area (Å²) in [6.45, 7) is 4.71. The van der Waals surface area contributed by atoms with Gasteiger partial charge in [-0.05, 0) is 23.6 Å². The number of nitro groups is 1. The minimum atomic E-state index is -0.381. The van der Waals surface area contributed by atoms with E-state index in [1.54, 1.807) is 12.1 Å². The van der Waals surface area contributed by atoms with Gasteiger partial charge in [0.1, 0.15) is 0 Å². The second kappa shape index (κ2) is 6.86. The van der Waals surface area contributed by atoms with Gasteiger partial charge in [-0.2, -0.15) is 0 Å². The molecule has 0 saturated carbocycles. The fraction of sp³-hybridized carbons (Fsp3) is 0.333. The molecule has 2 rings (SSSR count). The van der Waals surface area contributed by atoms with Crippen LogP contribution in [0.1, 0.15) is 24.5 Å². The van der Waals surface area contributed by atoms with Gasteiger partial charge in [-0.3, -0.25) is 10.1 Å². The van der Waals surface area contributed by atoms with Gasteiger partial charge >= 0.3 is 0 Å². The predicted octanol–water partition coefficient (Wildman–Crippen LogP) is 3.10. The number of rotatable bonds is 7. The highest BCUT2D eigenvalue weighted by atomic mass is 16.6. The molecular weight excluding hydrogens is 254 g/mol. The van der Waals surface area contributed by atoms with E-state index in [0.29, 0.717) is 6.54 Å². The number of nitrogens with zero attached hydrogens (tertiary/aromatic N) is 2. The van der Waals surface area contributed by atoms with Crippen molar-refractivity contribution in [2.45, 2.75) is 33.0 Å². The van der Waals surface area contributed by atoms with Crippen LogP contribution in [0.15, 0.2) is 42.7 Å². The first-order chi connectivity index (χ1) is 9.69. The van der Waals surface area contributed by atoms with Gasteiger partial charge in [0.25, 0.3) is 5.69 Å². The van der Waals surface area contributed by atoms with E-state index < -0.39 is 0 Å². The van der Waals surface area contributed by atoms with Crippen molar-refractivity contribution in [3.63, 3.8) is 0 Å². The van der Waals surface area contributed by atoms with Crippen molar-refractivity contribution in [3.8, 4) is 0 Å². The number of hydrogen-bond acceptors (Lipinski definition) is 3. The molecule has 20 heavy (non-hydrogen) atoms. The van der Waals surface area contributed by atoms with Crippen molar-refractivity contribution in [1.82, 2.24) is 9.88 Å². The molecule has 0 spiro atoms. The Hall–Kier alpha value is -2.14. The predicted molar refractivity (Wildman–Crippen MR) is 78.4 cm³/mol. The molecule has 0 amide bonds. The Kier molecular flexibility index (Phi) is 4.90. The second-order valence-corrected chi connectivity index (χ2v) is 4.78. The Balaban J connectivity index is 1.81. The van der Waals surface area contributed by atoms with Gasteiger partial charge < -0.3 is 9.88 Å². The van der Waals surface area contributed by atoms with E-state index in [2.05, 4.69) is 35.3 Å².